The molecule has 3 aromatic rings. The molecule has 0 spiro atoms. The third-order valence-electron chi connectivity index (χ3n) is 5.49. The van der Waals surface area contributed by atoms with Gasteiger partial charge in [-0.2, -0.15) is 0 Å². The lowest BCUT2D eigenvalue weighted by molar-refractivity contribution is 0.101. The number of aromatic nitrogens is 1. The van der Waals surface area contributed by atoms with Crippen LogP contribution in [0.1, 0.15) is 40.5 Å². The first-order chi connectivity index (χ1) is 13.2. The topological polar surface area (TPSA) is 79.0 Å². The summed E-state index contributed by atoms with van der Waals surface area (Å²) in [6, 6.07) is 11.3. The molecule has 0 fully saturated rings. The molecule has 4 rings (SSSR count). The molecule has 1 aromatic heterocycles. The van der Waals surface area contributed by atoms with Crippen molar-refractivity contribution in [3.05, 3.63) is 58.8 Å². The van der Waals surface area contributed by atoms with Crippen LogP contribution in [0.3, 0.4) is 0 Å². The van der Waals surface area contributed by atoms with Crippen LogP contribution in [0.2, 0.25) is 0 Å². The van der Waals surface area contributed by atoms with Crippen LogP contribution in [0.25, 0.3) is 10.9 Å². The average Bonchev–Trinajstić information content (AvgIpc) is 2.98. The number of carbonyl (C=O) groups excluding carboxylic acids is 1. The maximum absolute atomic E-state index is 12.2. The van der Waals surface area contributed by atoms with E-state index in [0.717, 1.165) is 24.8 Å². The van der Waals surface area contributed by atoms with E-state index >= 15 is 0 Å². The van der Waals surface area contributed by atoms with E-state index in [1.54, 1.807) is 12.1 Å². The molecule has 1 aliphatic carbocycles. The van der Waals surface area contributed by atoms with Gasteiger partial charge in [0.05, 0.1) is 10.6 Å². The minimum atomic E-state index is -3.40. The number of nitrogens with one attached hydrogen (secondary N) is 2. The standard InChI is InChI=1S/C22H24N2O3S/c1-13-4-7-19-17(10-13)18-12-16(6-8-20(18)24-19)23-21-11-15(14(2)25)5-9-22(21)28(3,26)27/h4-5,7,9-11,16,23-24H,6,8,12H2,1-3H3. The molecule has 0 amide bonds. The molecule has 1 atom stereocenters. The van der Waals surface area contributed by atoms with Gasteiger partial charge in [-0.1, -0.05) is 11.6 Å². The number of anilines is 1. The number of hydrogen-bond donors (Lipinski definition) is 2. The Kier molecular flexibility index (Phi) is 4.54. The molecule has 5 nitrogen and oxygen atoms in total. The van der Waals surface area contributed by atoms with Crippen molar-refractivity contribution >= 4 is 32.2 Å². The van der Waals surface area contributed by atoms with Crippen molar-refractivity contribution in [3.63, 3.8) is 0 Å². The Labute approximate surface area is 165 Å². The van der Waals surface area contributed by atoms with Crippen molar-refractivity contribution in [2.45, 2.75) is 44.0 Å². The second-order valence-electron chi connectivity index (χ2n) is 7.75. The summed E-state index contributed by atoms with van der Waals surface area (Å²) in [6.07, 6.45) is 3.81. The summed E-state index contributed by atoms with van der Waals surface area (Å²) >= 11 is 0. The Morgan fingerprint density at radius 2 is 1.96 bits per heavy atom. The summed E-state index contributed by atoms with van der Waals surface area (Å²) < 4.78 is 24.4. The van der Waals surface area contributed by atoms with Crippen LogP contribution >= 0.6 is 0 Å². The van der Waals surface area contributed by atoms with Gasteiger partial charge >= 0.3 is 0 Å². The molecule has 28 heavy (non-hydrogen) atoms. The number of H-pyrrole nitrogens is 1. The van der Waals surface area contributed by atoms with Crippen LogP contribution in [-0.2, 0) is 22.7 Å². The van der Waals surface area contributed by atoms with Crippen molar-refractivity contribution in [1.82, 2.24) is 4.98 Å². The second kappa shape index (κ2) is 6.78. The van der Waals surface area contributed by atoms with Crippen molar-refractivity contribution in [2.24, 2.45) is 0 Å². The molecule has 2 aromatic carbocycles. The third-order valence-corrected chi connectivity index (χ3v) is 6.64. The molecule has 2 N–H and O–H groups in total. The van der Waals surface area contributed by atoms with Gasteiger partial charge in [-0.05, 0) is 69.0 Å². The Bertz CT molecular complexity index is 1190. The lowest BCUT2D eigenvalue weighted by Gasteiger charge is -2.26. The number of aryl methyl sites for hydroxylation is 2. The molecule has 0 saturated heterocycles. The average molecular weight is 397 g/mol. The normalized spacial score (nSPS) is 16.8. The minimum absolute atomic E-state index is 0.0823. The lowest BCUT2D eigenvalue weighted by atomic mass is 9.91. The van der Waals surface area contributed by atoms with Gasteiger partial charge in [0.15, 0.2) is 15.6 Å². The van der Waals surface area contributed by atoms with Gasteiger partial charge in [-0.25, -0.2) is 8.42 Å². The molecule has 146 valence electrons. The monoisotopic (exact) mass is 396 g/mol. The van der Waals surface area contributed by atoms with Crippen LogP contribution in [0.4, 0.5) is 5.69 Å². The predicted octanol–water partition coefficient (Wildman–Crippen LogP) is 4.05. The summed E-state index contributed by atoms with van der Waals surface area (Å²) in [6.45, 7) is 3.57. The maximum Gasteiger partial charge on any atom is 0.177 e. The van der Waals surface area contributed by atoms with Gasteiger partial charge in [0.1, 0.15) is 0 Å². The summed E-state index contributed by atoms with van der Waals surface area (Å²) in [5, 5.41) is 4.65. The van der Waals surface area contributed by atoms with Crippen molar-refractivity contribution in [2.75, 3.05) is 11.6 Å². The minimum Gasteiger partial charge on any atom is -0.381 e. The summed E-state index contributed by atoms with van der Waals surface area (Å²) in [7, 11) is -3.40. The molecule has 0 aliphatic heterocycles. The van der Waals surface area contributed by atoms with E-state index < -0.39 is 9.84 Å². The van der Waals surface area contributed by atoms with Crippen molar-refractivity contribution < 1.29 is 13.2 Å². The highest BCUT2D eigenvalue weighted by molar-refractivity contribution is 7.90. The number of aromatic amines is 1. The first-order valence-corrected chi connectivity index (χ1v) is 11.3. The van der Waals surface area contributed by atoms with Gasteiger partial charge in [0, 0.05) is 34.5 Å². The highest BCUT2D eigenvalue weighted by Gasteiger charge is 2.24. The number of hydrogen-bond acceptors (Lipinski definition) is 4. The van der Waals surface area contributed by atoms with Crippen LogP contribution in [0, 0.1) is 6.92 Å². The molecule has 0 radical (unpaired) electrons. The molecule has 0 bridgehead atoms. The van der Waals surface area contributed by atoms with Gasteiger partial charge in [-0.3, -0.25) is 4.79 Å². The summed E-state index contributed by atoms with van der Waals surface area (Å²) in [4.78, 5) is 15.5. The molecular formula is C22H24N2O3S. The number of ketones is 1. The number of sulfone groups is 1. The number of rotatable bonds is 4. The maximum atomic E-state index is 12.2. The molecule has 6 heteroatoms. The molecule has 1 aliphatic rings. The quantitative estimate of drug-likeness (QED) is 0.652. The highest BCUT2D eigenvalue weighted by atomic mass is 32.2. The Morgan fingerprint density at radius 3 is 2.68 bits per heavy atom. The zero-order valence-corrected chi connectivity index (χ0v) is 17.1. The summed E-state index contributed by atoms with van der Waals surface area (Å²) in [5.74, 6) is -0.0823. The lowest BCUT2D eigenvalue weighted by Crippen LogP contribution is -2.28. The Balaban J connectivity index is 1.69. The fourth-order valence-corrected chi connectivity index (χ4v) is 4.89. The molecule has 1 heterocycles. The summed E-state index contributed by atoms with van der Waals surface area (Å²) in [5.41, 5.74) is 5.95. The molecular weight excluding hydrogens is 372 g/mol. The van der Waals surface area contributed by atoms with Gasteiger partial charge in [0.25, 0.3) is 0 Å². The largest absolute Gasteiger partial charge is 0.381 e. The van der Waals surface area contributed by atoms with Gasteiger partial charge < -0.3 is 10.3 Å². The highest BCUT2D eigenvalue weighted by Crippen LogP contribution is 2.32. The van der Waals surface area contributed by atoms with Crippen molar-refractivity contribution in [1.29, 1.82) is 0 Å². The van der Waals surface area contributed by atoms with E-state index in [4.69, 9.17) is 0 Å². The predicted molar refractivity (Wildman–Crippen MR) is 112 cm³/mol. The Hall–Kier alpha value is -2.60. The zero-order chi connectivity index (χ0) is 20.1. The first-order valence-electron chi connectivity index (χ1n) is 9.44. The molecule has 1 unspecified atom stereocenters. The third kappa shape index (κ3) is 3.44. The number of benzene rings is 2. The Morgan fingerprint density at radius 1 is 1.18 bits per heavy atom. The van der Waals surface area contributed by atoms with E-state index in [1.165, 1.54) is 41.5 Å². The van der Waals surface area contributed by atoms with Gasteiger partial charge in [-0.15, -0.1) is 0 Å². The van der Waals surface area contributed by atoms with E-state index in [-0.39, 0.29) is 16.7 Å². The first kappa shape index (κ1) is 18.7. The molecule has 0 saturated carbocycles. The SMILES string of the molecule is CC(=O)c1ccc(S(C)(=O)=O)c(NC2CCc3[nH]c4ccc(C)cc4c3C2)c1. The van der Waals surface area contributed by atoms with Crippen molar-refractivity contribution in [3.8, 4) is 0 Å². The van der Waals surface area contributed by atoms with E-state index in [1.807, 2.05) is 0 Å². The number of carbonyl (C=O) groups is 1. The fourth-order valence-electron chi connectivity index (χ4n) is 4.06. The smallest absolute Gasteiger partial charge is 0.177 e. The fraction of sp³-hybridized carbons (Fsp3) is 0.318. The second-order valence-corrected chi connectivity index (χ2v) is 9.74. The van der Waals surface area contributed by atoms with E-state index in [2.05, 4.69) is 35.4 Å². The van der Waals surface area contributed by atoms with Gasteiger partial charge in [0.2, 0.25) is 0 Å². The van der Waals surface area contributed by atoms with Crippen LogP contribution in [0.15, 0.2) is 41.3 Å². The van der Waals surface area contributed by atoms with Crippen LogP contribution in [-0.4, -0.2) is 31.5 Å². The number of fused-ring (bicyclic) bond motifs is 3. The number of Topliss-reactive ketones (excluding diaryl/α,β-unsaturated/α-hetero) is 1. The van der Waals surface area contributed by atoms with E-state index in [9.17, 15) is 13.2 Å². The van der Waals surface area contributed by atoms with Crippen LogP contribution < -0.4 is 5.32 Å². The van der Waals surface area contributed by atoms with E-state index in [0.29, 0.717) is 11.3 Å². The zero-order valence-electron chi connectivity index (χ0n) is 16.3. The van der Waals surface area contributed by atoms with Crippen LogP contribution in [0.5, 0.6) is 0 Å².